The minimum atomic E-state index is -2.24. The molecule has 2 heterocycles. The van der Waals surface area contributed by atoms with Crippen molar-refractivity contribution in [2.75, 3.05) is 27.2 Å². The van der Waals surface area contributed by atoms with Crippen LogP contribution >= 0.6 is 0 Å². The number of hydrogen-bond acceptors (Lipinski definition) is 12. The third kappa shape index (κ3) is 4.98. The van der Waals surface area contributed by atoms with E-state index >= 15 is 0 Å². The Hall–Kier alpha value is -1.32. The van der Waals surface area contributed by atoms with Gasteiger partial charge in [-0.2, -0.15) is 0 Å². The first-order valence-electron chi connectivity index (χ1n) is 11.6. The van der Waals surface area contributed by atoms with Crippen LogP contribution < -0.4 is 16.0 Å². The van der Waals surface area contributed by atoms with E-state index in [1.807, 2.05) is 0 Å². The molecule has 0 aromatic heterocycles. The minimum absolute atomic E-state index is 0.0234. The fourth-order valence-electron chi connectivity index (χ4n) is 5.09. The summed E-state index contributed by atoms with van der Waals surface area (Å²) in [5.74, 6) is -2.24. The first kappa shape index (κ1) is 27.3. The lowest BCUT2D eigenvalue weighted by Crippen LogP contribution is -2.81. The zero-order valence-corrected chi connectivity index (χ0v) is 20.2. The van der Waals surface area contributed by atoms with Gasteiger partial charge in [-0.15, -0.1) is 0 Å². The molecule has 12 heteroatoms. The van der Waals surface area contributed by atoms with Crippen molar-refractivity contribution in [1.82, 2.24) is 16.0 Å². The highest BCUT2D eigenvalue weighted by atomic mass is 16.8. The lowest BCUT2D eigenvalue weighted by Gasteiger charge is -2.60. The second kappa shape index (κ2) is 11.2. The fourth-order valence-corrected chi connectivity index (χ4v) is 5.09. The summed E-state index contributed by atoms with van der Waals surface area (Å²) in [6, 6.07) is -1.37. The smallest absolute Gasteiger partial charge is 0.249 e. The molecular formula is C22H39N5O7. The number of aliphatic hydroxyl groups is 4. The second-order valence-electron chi connectivity index (χ2n) is 9.12. The van der Waals surface area contributed by atoms with Gasteiger partial charge < -0.3 is 50.6 Å². The van der Waals surface area contributed by atoms with Gasteiger partial charge in [0.1, 0.15) is 23.9 Å². The van der Waals surface area contributed by atoms with E-state index in [1.54, 1.807) is 40.4 Å². The largest absolute Gasteiger partial charge is 0.390 e. The molecule has 0 unspecified atom stereocenters. The van der Waals surface area contributed by atoms with Crippen molar-refractivity contribution in [2.24, 2.45) is 9.98 Å². The van der Waals surface area contributed by atoms with E-state index in [-0.39, 0.29) is 13.0 Å². The van der Waals surface area contributed by atoms with Gasteiger partial charge in [-0.3, -0.25) is 9.98 Å². The molecule has 194 valence electrons. The first-order valence-corrected chi connectivity index (χ1v) is 11.6. The summed E-state index contributed by atoms with van der Waals surface area (Å²) in [5, 5.41) is 53.9. The van der Waals surface area contributed by atoms with E-state index in [2.05, 4.69) is 32.7 Å². The monoisotopic (exact) mass is 485 g/mol. The highest BCUT2D eigenvalue weighted by molar-refractivity contribution is 5.54. The van der Waals surface area contributed by atoms with Gasteiger partial charge in [-0.25, -0.2) is 0 Å². The Balaban J connectivity index is 1.78. The van der Waals surface area contributed by atoms with Crippen molar-refractivity contribution in [1.29, 1.82) is 0 Å². The first-order chi connectivity index (χ1) is 16.2. The maximum Gasteiger partial charge on any atom is 0.249 e. The van der Waals surface area contributed by atoms with Gasteiger partial charge in [0, 0.05) is 38.3 Å². The van der Waals surface area contributed by atoms with Gasteiger partial charge in [0.2, 0.25) is 12.1 Å². The number of aliphatic imine (C=N–C) groups is 2. The Kier molecular flexibility index (Phi) is 8.96. The van der Waals surface area contributed by atoms with E-state index in [0.29, 0.717) is 18.7 Å². The third-order valence-electron chi connectivity index (χ3n) is 6.90. The molecule has 3 rings (SSSR count). The van der Waals surface area contributed by atoms with Crippen LogP contribution in [0.25, 0.3) is 0 Å². The Labute approximate surface area is 200 Å². The molecule has 2 aliphatic heterocycles. The van der Waals surface area contributed by atoms with Crippen LogP contribution in [-0.2, 0) is 14.2 Å². The van der Waals surface area contributed by atoms with E-state index in [4.69, 9.17) is 14.2 Å². The minimum Gasteiger partial charge on any atom is -0.390 e. The van der Waals surface area contributed by atoms with Crippen LogP contribution in [0, 0.1) is 0 Å². The average Bonchev–Trinajstić information content (AvgIpc) is 2.79. The molecule has 0 spiro atoms. The second-order valence-corrected chi connectivity index (χ2v) is 9.12. The number of fused-ring (bicyclic) bond motifs is 2. The molecule has 3 aliphatic rings. The SMILES string of the molecule is C=N/C(=C\N=C/C)CCNC[C@]1(O)C[C@@H](C)O[C@H]2O[C@@H]3[C@@H](O)[C@H](NC)[C@H](O)[C@H](NC)[C@H]3O[C@]21O. The van der Waals surface area contributed by atoms with Crippen LogP contribution in [-0.4, -0.2) is 121 Å². The van der Waals surface area contributed by atoms with E-state index < -0.39 is 60.3 Å². The van der Waals surface area contributed by atoms with Crippen molar-refractivity contribution < 1.29 is 34.6 Å². The maximum absolute atomic E-state index is 11.6. The summed E-state index contributed by atoms with van der Waals surface area (Å²) in [4.78, 5) is 7.96. The van der Waals surface area contributed by atoms with E-state index in [9.17, 15) is 20.4 Å². The van der Waals surface area contributed by atoms with Gasteiger partial charge in [0.05, 0.1) is 30.0 Å². The highest BCUT2D eigenvalue weighted by Crippen LogP contribution is 2.46. The Bertz CT molecular complexity index is 770. The lowest BCUT2D eigenvalue weighted by molar-refractivity contribution is -0.482. The third-order valence-corrected chi connectivity index (χ3v) is 6.90. The quantitative estimate of drug-likeness (QED) is 0.141. The fraction of sp³-hybridized carbons (Fsp3) is 0.818. The molecule has 3 fully saturated rings. The van der Waals surface area contributed by atoms with Crippen LogP contribution in [0.2, 0.25) is 0 Å². The van der Waals surface area contributed by atoms with Gasteiger partial charge in [-0.1, -0.05) is 0 Å². The molecule has 0 bridgehead atoms. The standard InChI is InChI=1S/C22H39N5O7/c1-6-26-10-13(23-3)7-8-27-11-21(30)9-12(2)32-20-22(21,31)34-18-15(25-5)16(28)14(24-4)17(29)19(18)33-20/h6,10,12,14-20,24-25,27-31H,3,7-9,11H2,1-2,4-5H3/b13-10-,26-6-/t12-,14-,15+,16+,17+,18-,19-,20+,21-,22-/m1/s1. The zero-order chi connectivity index (χ0) is 25.1. The van der Waals surface area contributed by atoms with Crippen molar-refractivity contribution in [2.45, 2.75) is 87.0 Å². The molecule has 0 aromatic carbocycles. The molecule has 34 heavy (non-hydrogen) atoms. The molecular weight excluding hydrogens is 446 g/mol. The Morgan fingerprint density at radius 3 is 2.44 bits per heavy atom. The number of ether oxygens (including phenoxy) is 3. The van der Waals surface area contributed by atoms with Gasteiger partial charge >= 0.3 is 0 Å². The maximum atomic E-state index is 11.6. The number of nitrogens with zero attached hydrogens (tertiary/aromatic N) is 2. The van der Waals surface area contributed by atoms with Gasteiger partial charge in [-0.05, 0) is 34.7 Å². The van der Waals surface area contributed by atoms with Crippen LogP contribution in [0.1, 0.15) is 26.7 Å². The van der Waals surface area contributed by atoms with Gasteiger partial charge in [0.15, 0.2) is 0 Å². The van der Waals surface area contributed by atoms with Crippen molar-refractivity contribution in [3.05, 3.63) is 11.9 Å². The van der Waals surface area contributed by atoms with Crippen molar-refractivity contribution in [3.63, 3.8) is 0 Å². The number of hydrogen-bond donors (Lipinski definition) is 7. The number of rotatable bonds is 9. The molecule has 2 saturated heterocycles. The molecule has 10 atom stereocenters. The summed E-state index contributed by atoms with van der Waals surface area (Å²) < 4.78 is 17.9. The summed E-state index contributed by atoms with van der Waals surface area (Å²) in [7, 11) is 3.27. The van der Waals surface area contributed by atoms with Crippen LogP contribution in [0.5, 0.6) is 0 Å². The normalized spacial score (nSPS) is 45.1. The molecule has 7 N–H and O–H groups in total. The summed E-state index contributed by atoms with van der Waals surface area (Å²) in [6.45, 7) is 7.51. The summed E-state index contributed by atoms with van der Waals surface area (Å²) in [6.07, 6.45) is -1.97. The molecule has 12 nitrogen and oxygen atoms in total. The number of aliphatic hydroxyl groups excluding tert-OH is 2. The van der Waals surface area contributed by atoms with Crippen molar-refractivity contribution >= 4 is 12.9 Å². The Morgan fingerprint density at radius 2 is 1.82 bits per heavy atom. The zero-order valence-electron chi connectivity index (χ0n) is 20.2. The highest BCUT2D eigenvalue weighted by Gasteiger charge is 2.68. The molecule has 1 saturated carbocycles. The molecule has 0 aromatic rings. The van der Waals surface area contributed by atoms with E-state index in [1.165, 1.54) is 0 Å². The number of likely N-dealkylation sites (N-methyl/N-ethyl adjacent to an activating group) is 2. The molecule has 1 aliphatic carbocycles. The topological polar surface area (TPSA) is 169 Å². The van der Waals surface area contributed by atoms with Crippen LogP contribution in [0.4, 0.5) is 0 Å². The molecule has 0 amide bonds. The summed E-state index contributed by atoms with van der Waals surface area (Å²) >= 11 is 0. The Morgan fingerprint density at radius 1 is 1.12 bits per heavy atom. The van der Waals surface area contributed by atoms with Crippen LogP contribution in [0.3, 0.4) is 0 Å². The predicted molar refractivity (Wildman–Crippen MR) is 126 cm³/mol. The molecule has 0 radical (unpaired) electrons. The number of nitrogens with one attached hydrogen (secondary N) is 3. The van der Waals surface area contributed by atoms with Crippen molar-refractivity contribution in [3.8, 4) is 0 Å². The average molecular weight is 486 g/mol. The van der Waals surface area contributed by atoms with Crippen LogP contribution in [0.15, 0.2) is 21.9 Å². The lowest BCUT2D eigenvalue weighted by atomic mass is 9.77. The predicted octanol–water partition coefficient (Wildman–Crippen LogP) is -2.15. The van der Waals surface area contributed by atoms with Gasteiger partial charge in [0.25, 0.3) is 0 Å². The van der Waals surface area contributed by atoms with E-state index in [0.717, 1.165) is 0 Å². The summed E-state index contributed by atoms with van der Waals surface area (Å²) in [5.41, 5.74) is -1.10.